The Labute approximate surface area is 152 Å². The van der Waals surface area contributed by atoms with Crippen molar-refractivity contribution in [2.75, 3.05) is 27.4 Å². The van der Waals surface area contributed by atoms with Crippen molar-refractivity contribution < 1.29 is 29.9 Å². The van der Waals surface area contributed by atoms with Crippen molar-refractivity contribution in [2.45, 2.75) is 12.3 Å². The summed E-state index contributed by atoms with van der Waals surface area (Å²) >= 11 is 0. The van der Waals surface area contributed by atoms with Crippen LogP contribution < -0.4 is 9.47 Å². The van der Waals surface area contributed by atoms with Crippen molar-refractivity contribution in [3.63, 3.8) is 0 Å². The summed E-state index contributed by atoms with van der Waals surface area (Å²) in [5.74, 6) is 0.160. The van der Waals surface area contributed by atoms with Crippen LogP contribution in [-0.2, 0) is 6.42 Å². The molecule has 6 heteroatoms. The highest BCUT2D eigenvalue weighted by Crippen LogP contribution is 2.47. The molecule has 0 bridgehead atoms. The number of rotatable bonds is 5. The van der Waals surface area contributed by atoms with E-state index in [1.165, 1.54) is 14.2 Å². The van der Waals surface area contributed by atoms with E-state index in [1.807, 2.05) is 0 Å². The normalized spacial score (nSPS) is 21.9. The molecule has 0 amide bonds. The molecular formula is C20H24O6. The molecule has 1 aliphatic carbocycles. The maximum absolute atomic E-state index is 10.3. The summed E-state index contributed by atoms with van der Waals surface area (Å²) in [5, 5.41) is 40.0. The summed E-state index contributed by atoms with van der Waals surface area (Å²) in [6.45, 7) is -0.162. The highest BCUT2D eigenvalue weighted by atomic mass is 16.5. The Hall–Kier alpha value is -2.44. The lowest BCUT2D eigenvalue weighted by Crippen LogP contribution is -2.35. The van der Waals surface area contributed by atoms with Gasteiger partial charge in [-0.2, -0.15) is 0 Å². The van der Waals surface area contributed by atoms with Crippen LogP contribution in [0.3, 0.4) is 0 Å². The van der Waals surface area contributed by atoms with Crippen molar-refractivity contribution in [1.82, 2.24) is 0 Å². The average Bonchev–Trinajstić information content (AvgIpc) is 2.66. The standard InChI is InChI=1S/C20H24O6/c1-25-18-6-11(3-4-16(18)23)20-14-8-17(24)19(26-2)7-12(14)5-13(9-21)15(20)10-22/h3-4,6-8,13,15,20-24H,5,9-10H2,1-2H3/t13-,15-,20?/m0/s1. The molecule has 26 heavy (non-hydrogen) atoms. The van der Waals surface area contributed by atoms with Gasteiger partial charge in [0.1, 0.15) is 0 Å². The summed E-state index contributed by atoms with van der Waals surface area (Å²) in [6.07, 6.45) is 0.583. The van der Waals surface area contributed by atoms with Gasteiger partial charge in [-0.3, -0.25) is 0 Å². The number of ether oxygens (including phenoxy) is 2. The van der Waals surface area contributed by atoms with Gasteiger partial charge >= 0.3 is 0 Å². The molecule has 0 saturated carbocycles. The maximum atomic E-state index is 10.3. The minimum absolute atomic E-state index is 0.0288. The Morgan fingerprint density at radius 1 is 0.923 bits per heavy atom. The van der Waals surface area contributed by atoms with Crippen molar-refractivity contribution >= 4 is 0 Å². The van der Waals surface area contributed by atoms with E-state index < -0.39 is 0 Å². The van der Waals surface area contributed by atoms with Crippen LogP contribution in [0.25, 0.3) is 0 Å². The molecule has 2 aromatic carbocycles. The van der Waals surface area contributed by atoms with Gasteiger partial charge in [-0.05, 0) is 59.2 Å². The van der Waals surface area contributed by atoms with Gasteiger partial charge in [0.15, 0.2) is 23.0 Å². The molecule has 1 aliphatic rings. The highest BCUT2D eigenvalue weighted by Gasteiger charge is 2.38. The molecule has 0 spiro atoms. The number of aromatic hydroxyl groups is 2. The molecule has 0 radical (unpaired) electrons. The van der Waals surface area contributed by atoms with Crippen LogP contribution in [0, 0.1) is 11.8 Å². The zero-order valence-electron chi connectivity index (χ0n) is 14.8. The van der Waals surface area contributed by atoms with Gasteiger partial charge in [0, 0.05) is 19.1 Å². The molecule has 1 unspecified atom stereocenters. The second kappa shape index (κ2) is 7.43. The summed E-state index contributed by atoms with van der Waals surface area (Å²) < 4.78 is 10.4. The Morgan fingerprint density at radius 2 is 1.62 bits per heavy atom. The number of aliphatic hydroxyl groups is 2. The predicted octanol–water partition coefficient (Wildman–Crippen LogP) is 2.02. The van der Waals surface area contributed by atoms with Gasteiger partial charge in [0.2, 0.25) is 0 Å². The van der Waals surface area contributed by atoms with Gasteiger partial charge in [0.05, 0.1) is 14.2 Å². The van der Waals surface area contributed by atoms with Crippen LogP contribution in [-0.4, -0.2) is 47.9 Å². The molecule has 6 nitrogen and oxygen atoms in total. The van der Waals surface area contributed by atoms with Gasteiger partial charge in [0.25, 0.3) is 0 Å². The second-order valence-electron chi connectivity index (χ2n) is 6.63. The van der Waals surface area contributed by atoms with E-state index >= 15 is 0 Å². The van der Waals surface area contributed by atoms with Crippen LogP contribution in [0.2, 0.25) is 0 Å². The van der Waals surface area contributed by atoms with Gasteiger partial charge in [-0.15, -0.1) is 0 Å². The molecule has 4 N–H and O–H groups in total. The molecule has 3 rings (SSSR count). The van der Waals surface area contributed by atoms with E-state index in [4.69, 9.17) is 9.47 Å². The molecule has 0 fully saturated rings. The number of phenols is 2. The van der Waals surface area contributed by atoms with Crippen molar-refractivity contribution in [1.29, 1.82) is 0 Å². The quantitative estimate of drug-likeness (QED) is 0.651. The minimum Gasteiger partial charge on any atom is -0.504 e. The molecule has 0 aliphatic heterocycles. The van der Waals surface area contributed by atoms with Crippen LogP contribution in [0.4, 0.5) is 0 Å². The number of fused-ring (bicyclic) bond motifs is 1. The monoisotopic (exact) mass is 360 g/mol. The SMILES string of the molecule is COc1cc(C2c3cc(O)c(OC)cc3C[C@@H](CO)[C@@H]2CO)ccc1O. The first-order valence-electron chi connectivity index (χ1n) is 8.52. The zero-order chi connectivity index (χ0) is 18.8. The number of benzene rings is 2. The third-order valence-electron chi connectivity index (χ3n) is 5.30. The molecule has 0 aromatic heterocycles. The minimum atomic E-state index is -0.257. The third-order valence-corrected chi connectivity index (χ3v) is 5.30. The lowest BCUT2D eigenvalue weighted by molar-refractivity contribution is 0.101. The molecule has 2 aromatic rings. The van der Waals surface area contributed by atoms with Crippen molar-refractivity contribution in [2.24, 2.45) is 11.8 Å². The Kier molecular flexibility index (Phi) is 5.25. The number of aliphatic hydroxyl groups excluding tert-OH is 2. The number of phenolic OH excluding ortho intramolecular Hbond substituents is 2. The van der Waals surface area contributed by atoms with Gasteiger partial charge < -0.3 is 29.9 Å². The van der Waals surface area contributed by atoms with Crippen LogP contribution in [0.15, 0.2) is 30.3 Å². The van der Waals surface area contributed by atoms with Gasteiger partial charge in [-0.1, -0.05) is 6.07 Å². The van der Waals surface area contributed by atoms with E-state index in [2.05, 4.69) is 0 Å². The predicted molar refractivity (Wildman–Crippen MR) is 96.0 cm³/mol. The smallest absolute Gasteiger partial charge is 0.160 e. The largest absolute Gasteiger partial charge is 0.504 e. The lowest BCUT2D eigenvalue weighted by Gasteiger charge is -2.38. The molecule has 140 valence electrons. The first-order chi connectivity index (χ1) is 12.5. The molecule has 0 heterocycles. The summed E-state index contributed by atoms with van der Waals surface area (Å²) in [5.41, 5.74) is 2.67. The zero-order valence-corrected chi connectivity index (χ0v) is 14.8. The van der Waals surface area contributed by atoms with Crippen LogP contribution in [0.1, 0.15) is 22.6 Å². The number of hydrogen-bond acceptors (Lipinski definition) is 6. The topological polar surface area (TPSA) is 99.4 Å². The summed E-state index contributed by atoms with van der Waals surface area (Å²) in [7, 11) is 2.97. The molecular weight excluding hydrogens is 336 g/mol. The Bertz CT molecular complexity index is 788. The first-order valence-corrected chi connectivity index (χ1v) is 8.52. The molecule has 0 saturated heterocycles. The van der Waals surface area contributed by atoms with E-state index in [0.717, 1.165) is 16.7 Å². The maximum Gasteiger partial charge on any atom is 0.160 e. The van der Waals surface area contributed by atoms with Crippen LogP contribution in [0.5, 0.6) is 23.0 Å². The summed E-state index contributed by atoms with van der Waals surface area (Å²) in [4.78, 5) is 0. The number of methoxy groups -OCH3 is 2. The van der Waals surface area contributed by atoms with E-state index in [0.29, 0.717) is 17.9 Å². The van der Waals surface area contributed by atoms with Crippen molar-refractivity contribution in [3.05, 3.63) is 47.0 Å². The fourth-order valence-electron chi connectivity index (χ4n) is 3.96. The average molecular weight is 360 g/mol. The Morgan fingerprint density at radius 3 is 2.23 bits per heavy atom. The summed E-state index contributed by atoms with van der Waals surface area (Å²) in [6, 6.07) is 8.50. The number of hydrogen-bond donors (Lipinski definition) is 4. The molecule has 3 atom stereocenters. The van der Waals surface area contributed by atoms with Crippen molar-refractivity contribution in [3.8, 4) is 23.0 Å². The lowest BCUT2D eigenvalue weighted by atomic mass is 9.67. The fraction of sp³-hybridized carbons (Fsp3) is 0.400. The highest BCUT2D eigenvalue weighted by molar-refractivity contribution is 5.53. The van der Waals surface area contributed by atoms with E-state index in [9.17, 15) is 20.4 Å². The second-order valence-corrected chi connectivity index (χ2v) is 6.63. The first kappa shape index (κ1) is 18.4. The van der Waals surface area contributed by atoms with Crippen LogP contribution >= 0.6 is 0 Å². The Balaban J connectivity index is 2.19. The third kappa shape index (κ3) is 3.06. The fourth-order valence-corrected chi connectivity index (χ4v) is 3.96. The van der Waals surface area contributed by atoms with E-state index in [-0.39, 0.29) is 42.5 Å². The van der Waals surface area contributed by atoms with Gasteiger partial charge in [-0.25, -0.2) is 0 Å². The van der Waals surface area contributed by atoms with E-state index in [1.54, 1.807) is 30.3 Å².